The molecule has 0 aliphatic carbocycles. The summed E-state index contributed by atoms with van der Waals surface area (Å²) in [6.45, 7) is 4.88. The minimum absolute atomic E-state index is 0.00315. The number of piperazine rings is 1. The monoisotopic (exact) mass is 596 g/mol. The Labute approximate surface area is 249 Å². The molecule has 228 valence electrons. The molecule has 5 rings (SSSR count). The van der Waals surface area contributed by atoms with Crippen LogP contribution in [-0.2, 0) is 22.2 Å². The van der Waals surface area contributed by atoms with E-state index < -0.39 is 17.3 Å². The average Bonchev–Trinajstić information content (AvgIpc) is 3.02. The first-order valence-corrected chi connectivity index (χ1v) is 14.5. The molecule has 0 saturated carbocycles. The third kappa shape index (κ3) is 7.21. The maximum Gasteiger partial charge on any atom is 0.416 e. The molecule has 1 aromatic heterocycles. The van der Waals surface area contributed by atoms with Crippen LogP contribution in [0.5, 0.6) is 11.5 Å². The minimum Gasteiger partial charge on any atom is -0.494 e. The zero-order chi connectivity index (χ0) is 30.5. The summed E-state index contributed by atoms with van der Waals surface area (Å²) in [7, 11) is 0. The Kier molecular flexibility index (Phi) is 9.08. The van der Waals surface area contributed by atoms with E-state index in [0.717, 1.165) is 29.3 Å². The van der Waals surface area contributed by atoms with Crippen molar-refractivity contribution in [1.82, 2.24) is 14.8 Å². The number of likely N-dealkylation sites (tertiary alicyclic amines) is 1. The van der Waals surface area contributed by atoms with Crippen LogP contribution in [0.2, 0.25) is 0 Å². The molecule has 2 saturated heterocycles. The van der Waals surface area contributed by atoms with Crippen LogP contribution in [0.1, 0.15) is 30.9 Å². The van der Waals surface area contributed by atoms with E-state index in [0.29, 0.717) is 52.2 Å². The van der Waals surface area contributed by atoms with Gasteiger partial charge >= 0.3 is 6.18 Å². The first-order chi connectivity index (χ1) is 20.7. The quantitative estimate of drug-likeness (QED) is 0.371. The molecule has 2 aromatic carbocycles. The Balaban J connectivity index is 1.34. The molecule has 2 amide bonds. The summed E-state index contributed by atoms with van der Waals surface area (Å²) in [6.07, 6.45) is -1.79. The summed E-state index contributed by atoms with van der Waals surface area (Å²) < 4.78 is 51.4. The topological polar surface area (TPSA) is 75.2 Å². The molecule has 2 aliphatic rings. The molecule has 1 atom stereocenters. The number of anilines is 1. The van der Waals surface area contributed by atoms with E-state index in [1.807, 2.05) is 49.4 Å². The van der Waals surface area contributed by atoms with Crippen LogP contribution in [0.15, 0.2) is 72.9 Å². The molecular weight excluding hydrogens is 561 g/mol. The first kappa shape index (κ1) is 30.2. The van der Waals surface area contributed by atoms with Gasteiger partial charge in [-0.05, 0) is 73.9 Å². The largest absolute Gasteiger partial charge is 0.494 e. The van der Waals surface area contributed by atoms with Gasteiger partial charge in [0, 0.05) is 38.9 Å². The van der Waals surface area contributed by atoms with Crippen molar-refractivity contribution in [3.8, 4) is 11.5 Å². The standard InChI is InChI=1S/C32H35F3N4O4/c1-2-42-26-11-7-24(8-12-26)22-29(40)39-17-5-15-31(23-39,43-27-13-9-25(10-14-27)32(33,34)35)30(41)38-20-18-37(19-21-38)28-6-3-4-16-36-28/h3-4,6-14,16H,2,5,15,17-23H2,1H3. The lowest BCUT2D eigenvalue weighted by atomic mass is 9.89. The summed E-state index contributed by atoms with van der Waals surface area (Å²) in [5, 5.41) is 0. The van der Waals surface area contributed by atoms with E-state index in [1.165, 1.54) is 12.1 Å². The van der Waals surface area contributed by atoms with Crippen molar-refractivity contribution in [1.29, 1.82) is 0 Å². The van der Waals surface area contributed by atoms with Gasteiger partial charge in [-0.15, -0.1) is 0 Å². The van der Waals surface area contributed by atoms with Crippen molar-refractivity contribution < 1.29 is 32.2 Å². The van der Waals surface area contributed by atoms with E-state index in [1.54, 1.807) is 16.0 Å². The van der Waals surface area contributed by atoms with E-state index >= 15 is 0 Å². The van der Waals surface area contributed by atoms with Crippen molar-refractivity contribution in [2.45, 2.75) is 38.0 Å². The Morgan fingerprint density at radius 3 is 2.21 bits per heavy atom. The molecule has 0 spiro atoms. The van der Waals surface area contributed by atoms with Gasteiger partial charge in [-0.1, -0.05) is 18.2 Å². The zero-order valence-electron chi connectivity index (χ0n) is 24.1. The molecule has 0 bridgehead atoms. The highest BCUT2D eigenvalue weighted by Gasteiger charge is 2.48. The lowest BCUT2D eigenvalue weighted by Crippen LogP contribution is -2.64. The smallest absolute Gasteiger partial charge is 0.416 e. The Hall–Kier alpha value is -4.28. The van der Waals surface area contributed by atoms with Gasteiger partial charge in [0.1, 0.15) is 17.3 Å². The van der Waals surface area contributed by atoms with Crippen LogP contribution in [0.4, 0.5) is 19.0 Å². The lowest BCUT2D eigenvalue weighted by molar-refractivity contribution is -0.157. The zero-order valence-corrected chi connectivity index (χ0v) is 24.1. The molecule has 0 radical (unpaired) electrons. The second kappa shape index (κ2) is 12.9. The molecule has 2 aliphatic heterocycles. The number of ether oxygens (including phenoxy) is 2. The number of hydrogen-bond acceptors (Lipinski definition) is 6. The fraction of sp³-hybridized carbons (Fsp3) is 0.406. The Morgan fingerprint density at radius 1 is 0.884 bits per heavy atom. The van der Waals surface area contributed by atoms with Crippen molar-refractivity contribution >= 4 is 17.6 Å². The Morgan fingerprint density at radius 2 is 1.58 bits per heavy atom. The normalized spacial score (nSPS) is 19.2. The number of benzene rings is 2. The van der Waals surface area contributed by atoms with E-state index in [9.17, 15) is 22.8 Å². The van der Waals surface area contributed by atoms with Gasteiger partial charge in [-0.2, -0.15) is 13.2 Å². The number of piperidine rings is 1. The van der Waals surface area contributed by atoms with Crippen molar-refractivity contribution in [3.05, 3.63) is 84.1 Å². The highest BCUT2D eigenvalue weighted by atomic mass is 19.4. The lowest BCUT2D eigenvalue weighted by Gasteiger charge is -2.45. The number of halogens is 3. The molecular formula is C32H35F3N4O4. The van der Waals surface area contributed by atoms with Gasteiger partial charge in [-0.25, -0.2) is 4.98 Å². The highest BCUT2D eigenvalue weighted by Crippen LogP contribution is 2.34. The maximum atomic E-state index is 14.2. The summed E-state index contributed by atoms with van der Waals surface area (Å²) in [4.78, 5) is 37.5. The van der Waals surface area contributed by atoms with E-state index in [4.69, 9.17) is 9.47 Å². The van der Waals surface area contributed by atoms with Gasteiger partial charge in [0.2, 0.25) is 11.5 Å². The van der Waals surface area contributed by atoms with Gasteiger partial charge in [0.05, 0.1) is 25.1 Å². The van der Waals surface area contributed by atoms with Gasteiger partial charge in [0.25, 0.3) is 5.91 Å². The molecule has 1 unspecified atom stereocenters. The molecule has 3 heterocycles. The van der Waals surface area contributed by atoms with Gasteiger partial charge in [-0.3, -0.25) is 9.59 Å². The molecule has 8 nitrogen and oxygen atoms in total. The number of carbonyl (C=O) groups excluding carboxylic acids is 2. The second-order valence-corrected chi connectivity index (χ2v) is 10.8. The van der Waals surface area contributed by atoms with Gasteiger partial charge in [0.15, 0.2) is 0 Å². The number of alkyl halides is 3. The number of hydrogen-bond donors (Lipinski definition) is 0. The van der Waals surface area contributed by atoms with Crippen LogP contribution < -0.4 is 14.4 Å². The van der Waals surface area contributed by atoms with Crippen LogP contribution in [0, 0.1) is 0 Å². The molecule has 0 N–H and O–H groups in total. The maximum absolute atomic E-state index is 14.2. The van der Waals surface area contributed by atoms with E-state index in [2.05, 4.69) is 9.88 Å². The molecule has 2 fully saturated rings. The van der Waals surface area contributed by atoms with Crippen LogP contribution in [0.25, 0.3) is 0 Å². The molecule has 43 heavy (non-hydrogen) atoms. The average molecular weight is 597 g/mol. The summed E-state index contributed by atoms with van der Waals surface area (Å²) in [6, 6.07) is 17.3. The van der Waals surface area contributed by atoms with Crippen molar-refractivity contribution in [3.63, 3.8) is 0 Å². The number of aromatic nitrogens is 1. The van der Waals surface area contributed by atoms with Crippen LogP contribution in [-0.4, -0.2) is 78.1 Å². The minimum atomic E-state index is -4.49. The fourth-order valence-corrected chi connectivity index (χ4v) is 5.60. The van der Waals surface area contributed by atoms with Crippen molar-refractivity contribution in [2.24, 2.45) is 0 Å². The van der Waals surface area contributed by atoms with E-state index in [-0.39, 0.29) is 30.5 Å². The number of pyridine rings is 1. The molecule has 11 heteroatoms. The second-order valence-electron chi connectivity index (χ2n) is 10.8. The third-order valence-corrected chi connectivity index (χ3v) is 7.82. The summed E-state index contributed by atoms with van der Waals surface area (Å²) in [5.74, 6) is 1.27. The Bertz CT molecular complexity index is 1380. The van der Waals surface area contributed by atoms with Crippen LogP contribution >= 0.6 is 0 Å². The highest BCUT2D eigenvalue weighted by molar-refractivity contribution is 5.88. The molecule has 3 aromatic rings. The van der Waals surface area contributed by atoms with Crippen LogP contribution in [0.3, 0.4) is 0 Å². The third-order valence-electron chi connectivity index (χ3n) is 7.82. The number of carbonyl (C=O) groups is 2. The number of nitrogens with zero attached hydrogens (tertiary/aromatic N) is 4. The van der Waals surface area contributed by atoms with Crippen molar-refractivity contribution in [2.75, 3.05) is 50.8 Å². The number of amides is 2. The SMILES string of the molecule is CCOc1ccc(CC(=O)N2CCCC(Oc3ccc(C(F)(F)F)cc3)(C(=O)N3CCN(c4ccccn4)CC3)C2)cc1. The predicted molar refractivity (Wildman–Crippen MR) is 155 cm³/mol. The summed E-state index contributed by atoms with van der Waals surface area (Å²) >= 11 is 0. The fourth-order valence-electron chi connectivity index (χ4n) is 5.60. The van der Waals surface area contributed by atoms with Gasteiger partial charge < -0.3 is 24.2 Å². The predicted octanol–water partition coefficient (Wildman–Crippen LogP) is 4.83. The first-order valence-electron chi connectivity index (χ1n) is 14.5. The summed E-state index contributed by atoms with van der Waals surface area (Å²) in [5.41, 5.74) is -1.42. The number of rotatable bonds is 8.